The maximum Gasteiger partial charge on any atom is 0.225 e. The summed E-state index contributed by atoms with van der Waals surface area (Å²) < 4.78 is 5.31. The molecule has 4 nitrogen and oxygen atoms in total. The van der Waals surface area contributed by atoms with E-state index >= 15 is 0 Å². The molecular formula is C15H21ClN2O2. The molecule has 0 saturated heterocycles. The van der Waals surface area contributed by atoms with Crippen LogP contribution in [0, 0.1) is 5.92 Å². The second kappa shape index (κ2) is 6.46. The Bertz CT molecular complexity index is 493. The van der Waals surface area contributed by atoms with Gasteiger partial charge in [-0.3, -0.25) is 4.79 Å². The predicted octanol–water partition coefficient (Wildman–Crippen LogP) is 2.43. The van der Waals surface area contributed by atoms with Gasteiger partial charge >= 0.3 is 0 Å². The fourth-order valence-electron chi connectivity index (χ4n) is 2.76. The first-order chi connectivity index (χ1) is 9.51. The highest BCUT2D eigenvalue weighted by molar-refractivity contribution is 6.30. The van der Waals surface area contributed by atoms with Crippen LogP contribution in [0.2, 0.25) is 5.02 Å². The minimum absolute atomic E-state index is 0.0557. The van der Waals surface area contributed by atoms with Crippen LogP contribution in [0.3, 0.4) is 0 Å². The summed E-state index contributed by atoms with van der Waals surface area (Å²) in [6.45, 7) is 0.494. The highest BCUT2D eigenvalue weighted by Crippen LogP contribution is 2.28. The van der Waals surface area contributed by atoms with Crippen LogP contribution in [0.5, 0.6) is 5.75 Å². The summed E-state index contributed by atoms with van der Waals surface area (Å²) in [6.07, 6.45) is 2.61. The summed E-state index contributed by atoms with van der Waals surface area (Å²) in [4.78, 5) is 14.1. The highest BCUT2D eigenvalue weighted by Gasteiger charge is 2.29. The molecule has 0 aliphatic heterocycles. The molecule has 2 rings (SSSR count). The molecule has 2 atom stereocenters. The van der Waals surface area contributed by atoms with Crippen LogP contribution in [0.1, 0.15) is 24.8 Å². The minimum Gasteiger partial charge on any atom is -0.496 e. The molecule has 0 spiro atoms. The Balaban J connectivity index is 2.05. The Labute approximate surface area is 124 Å². The molecular weight excluding hydrogens is 276 g/mol. The third kappa shape index (κ3) is 3.44. The Morgan fingerprint density at radius 1 is 1.50 bits per heavy atom. The molecule has 5 heteroatoms. The van der Waals surface area contributed by atoms with Crippen molar-refractivity contribution in [1.82, 2.24) is 4.90 Å². The number of rotatable bonds is 4. The average Bonchev–Trinajstić information content (AvgIpc) is 2.84. The van der Waals surface area contributed by atoms with E-state index in [2.05, 4.69) is 0 Å². The smallest absolute Gasteiger partial charge is 0.225 e. The zero-order chi connectivity index (χ0) is 14.7. The third-order valence-corrected chi connectivity index (χ3v) is 4.08. The van der Waals surface area contributed by atoms with E-state index in [0.29, 0.717) is 11.6 Å². The normalized spacial score (nSPS) is 21.8. The topological polar surface area (TPSA) is 55.6 Å². The van der Waals surface area contributed by atoms with Crippen molar-refractivity contribution in [3.05, 3.63) is 28.8 Å². The SMILES string of the molecule is COc1ccc(Cl)cc1CN(C)C(=O)C1CCC(N)C1. The lowest BCUT2D eigenvalue weighted by Crippen LogP contribution is -2.32. The molecule has 1 aliphatic carbocycles. The van der Waals surface area contributed by atoms with E-state index < -0.39 is 0 Å². The Hall–Kier alpha value is -1.26. The highest BCUT2D eigenvalue weighted by atomic mass is 35.5. The van der Waals surface area contributed by atoms with Crippen molar-refractivity contribution in [1.29, 1.82) is 0 Å². The molecule has 0 aromatic heterocycles. The fraction of sp³-hybridized carbons (Fsp3) is 0.533. The lowest BCUT2D eigenvalue weighted by Gasteiger charge is -2.22. The molecule has 1 aliphatic rings. The van der Waals surface area contributed by atoms with Gasteiger partial charge < -0.3 is 15.4 Å². The van der Waals surface area contributed by atoms with Crippen LogP contribution < -0.4 is 10.5 Å². The third-order valence-electron chi connectivity index (χ3n) is 3.85. The van der Waals surface area contributed by atoms with E-state index in [4.69, 9.17) is 22.1 Å². The Morgan fingerprint density at radius 2 is 2.25 bits per heavy atom. The van der Waals surface area contributed by atoms with Crippen molar-refractivity contribution in [3.8, 4) is 5.75 Å². The van der Waals surface area contributed by atoms with Gasteiger partial charge in [-0.1, -0.05) is 11.6 Å². The van der Waals surface area contributed by atoms with Crippen LogP contribution in [-0.2, 0) is 11.3 Å². The molecule has 1 fully saturated rings. The van der Waals surface area contributed by atoms with Gasteiger partial charge in [-0.05, 0) is 37.5 Å². The summed E-state index contributed by atoms with van der Waals surface area (Å²) in [6, 6.07) is 5.60. The van der Waals surface area contributed by atoms with Gasteiger partial charge in [0.25, 0.3) is 0 Å². The van der Waals surface area contributed by atoms with Crippen LogP contribution in [0.25, 0.3) is 0 Å². The van der Waals surface area contributed by atoms with E-state index in [1.807, 2.05) is 19.2 Å². The van der Waals surface area contributed by atoms with E-state index in [0.717, 1.165) is 30.6 Å². The van der Waals surface area contributed by atoms with Gasteiger partial charge in [0, 0.05) is 36.1 Å². The molecule has 0 bridgehead atoms. The average molecular weight is 297 g/mol. The number of nitrogens with zero attached hydrogens (tertiary/aromatic N) is 1. The standard InChI is InChI=1S/C15H21ClN2O2/c1-18(15(19)10-3-5-13(17)8-10)9-11-7-12(16)4-6-14(11)20-2/h4,6-7,10,13H,3,5,8-9,17H2,1-2H3. The first-order valence-corrected chi connectivity index (χ1v) is 7.22. The maximum absolute atomic E-state index is 12.4. The number of amides is 1. The second-order valence-corrected chi connectivity index (χ2v) is 5.86. The van der Waals surface area contributed by atoms with Gasteiger partial charge in [-0.25, -0.2) is 0 Å². The number of nitrogens with two attached hydrogens (primary N) is 1. The van der Waals surface area contributed by atoms with Crippen LogP contribution >= 0.6 is 11.6 Å². The van der Waals surface area contributed by atoms with E-state index in [9.17, 15) is 4.79 Å². The number of methoxy groups -OCH3 is 1. The molecule has 1 saturated carbocycles. The maximum atomic E-state index is 12.4. The number of benzene rings is 1. The van der Waals surface area contributed by atoms with Crippen molar-refractivity contribution in [2.24, 2.45) is 11.7 Å². The summed E-state index contributed by atoms with van der Waals surface area (Å²) in [5, 5.41) is 0.643. The van der Waals surface area contributed by atoms with Gasteiger partial charge in [-0.2, -0.15) is 0 Å². The fourth-order valence-corrected chi connectivity index (χ4v) is 2.95. The minimum atomic E-state index is 0.0557. The van der Waals surface area contributed by atoms with Crippen LogP contribution in [0.15, 0.2) is 18.2 Å². The molecule has 0 heterocycles. The van der Waals surface area contributed by atoms with Crippen molar-refractivity contribution in [3.63, 3.8) is 0 Å². The first-order valence-electron chi connectivity index (χ1n) is 6.84. The van der Waals surface area contributed by atoms with E-state index in [-0.39, 0.29) is 17.9 Å². The molecule has 20 heavy (non-hydrogen) atoms. The number of hydrogen-bond acceptors (Lipinski definition) is 3. The first kappa shape index (κ1) is 15.1. The molecule has 110 valence electrons. The Kier molecular flexibility index (Phi) is 4.89. The van der Waals surface area contributed by atoms with Crippen LogP contribution in [-0.4, -0.2) is 31.0 Å². The molecule has 0 radical (unpaired) electrons. The largest absolute Gasteiger partial charge is 0.496 e. The zero-order valence-corrected chi connectivity index (χ0v) is 12.7. The lowest BCUT2D eigenvalue weighted by atomic mass is 10.1. The van der Waals surface area contributed by atoms with Gasteiger partial charge in [0.2, 0.25) is 5.91 Å². The van der Waals surface area contributed by atoms with Crippen molar-refractivity contribution >= 4 is 17.5 Å². The van der Waals surface area contributed by atoms with Gasteiger partial charge in [0.15, 0.2) is 0 Å². The number of carbonyl (C=O) groups excluding carboxylic acids is 1. The monoisotopic (exact) mass is 296 g/mol. The van der Waals surface area contributed by atoms with Crippen molar-refractivity contribution < 1.29 is 9.53 Å². The molecule has 1 aromatic carbocycles. The zero-order valence-electron chi connectivity index (χ0n) is 11.9. The quantitative estimate of drug-likeness (QED) is 0.928. The van der Waals surface area contributed by atoms with Gasteiger partial charge in [0.05, 0.1) is 7.11 Å². The van der Waals surface area contributed by atoms with Gasteiger partial charge in [-0.15, -0.1) is 0 Å². The number of halogens is 1. The molecule has 1 aromatic rings. The summed E-state index contributed by atoms with van der Waals surface area (Å²) >= 11 is 6.01. The summed E-state index contributed by atoms with van der Waals surface area (Å²) in [7, 11) is 3.43. The van der Waals surface area contributed by atoms with E-state index in [1.165, 1.54) is 0 Å². The summed E-state index contributed by atoms with van der Waals surface area (Å²) in [5.41, 5.74) is 6.79. The second-order valence-electron chi connectivity index (χ2n) is 5.42. The molecule has 2 unspecified atom stereocenters. The molecule has 1 amide bonds. The van der Waals surface area contributed by atoms with Crippen LogP contribution in [0.4, 0.5) is 0 Å². The number of carbonyl (C=O) groups is 1. The Morgan fingerprint density at radius 3 is 2.85 bits per heavy atom. The number of hydrogen-bond donors (Lipinski definition) is 1. The van der Waals surface area contributed by atoms with Crippen molar-refractivity contribution in [2.45, 2.75) is 31.8 Å². The lowest BCUT2D eigenvalue weighted by molar-refractivity contribution is -0.134. The predicted molar refractivity (Wildman–Crippen MR) is 79.8 cm³/mol. The van der Waals surface area contributed by atoms with Gasteiger partial charge in [0.1, 0.15) is 5.75 Å². The van der Waals surface area contributed by atoms with E-state index in [1.54, 1.807) is 18.1 Å². The van der Waals surface area contributed by atoms with Crippen molar-refractivity contribution in [2.75, 3.05) is 14.2 Å². The summed E-state index contributed by atoms with van der Waals surface area (Å²) in [5.74, 6) is 0.956. The number of ether oxygens (including phenoxy) is 1. The molecule has 2 N–H and O–H groups in total.